The Balaban J connectivity index is 2.17. The number of benzene rings is 2. The van der Waals surface area contributed by atoms with E-state index in [2.05, 4.69) is 21.2 Å². The van der Waals surface area contributed by atoms with Crippen LogP contribution in [-0.4, -0.2) is 11.0 Å². The van der Waals surface area contributed by atoms with E-state index in [1.165, 1.54) is 6.92 Å². The van der Waals surface area contributed by atoms with E-state index in [1.54, 1.807) is 0 Å². The summed E-state index contributed by atoms with van der Waals surface area (Å²) in [6.45, 7) is 1.46. The van der Waals surface area contributed by atoms with Gasteiger partial charge in [-0.2, -0.15) is 0 Å². The minimum absolute atomic E-state index is 0.134. The first-order chi connectivity index (χ1) is 9.08. The van der Waals surface area contributed by atoms with E-state index < -0.39 is 6.10 Å². The molecule has 0 radical (unpaired) electrons. The predicted molar refractivity (Wildman–Crippen MR) is 77.9 cm³/mol. The second-order valence-electron chi connectivity index (χ2n) is 4.59. The zero-order valence-corrected chi connectivity index (χ0v) is 11.9. The van der Waals surface area contributed by atoms with Crippen LogP contribution < -0.4 is 5.32 Å². The van der Waals surface area contributed by atoms with Crippen LogP contribution in [0.1, 0.15) is 24.2 Å². The second kappa shape index (κ2) is 4.47. The normalized spacial score (nSPS) is 15.8. The van der Waals surface area contributed by atoms with Gasteiger partial charge in [-0.1, -0.05) is 24.3 Å². The third kappa shape index (κ3) is 1.97. The van der Waals surface area contributed by atoms with Crippen molar-refractivity contribution in [2.75, 3.05) is 5.32 Å². The monoisotopic (exact) mass is 317 g/mol. The lowest BCUT2D eigenvalue weighted by molar-refractivity contribution is -0.114. The summed E-state index contributed by atoms with van der Waals surface area (Å²) in [5, 5.41) is 13.1. The van der Waals surface area contributed by atoms with Gasteiger partial charge in [-0.3, -0.25) is 4.79 Å². The van der Waals surface area contributed by atoms with Crippen LogP contribution in [0, 0.1) is 0 Å². The van der Waals surface area contributed by atoms with Crippen molar-refractivity contribution in [1.29, 1.82) is 0 Å². The Morgan fingerprint density at radius 3 is 2.68 bits per heavy atom. The van der Waals surface area contributed by atoms with Crippen molar-refractivity contribution in [2.24, 2.45) is 0 Å². The number of hydrogen-bond donors (Lipinski definition) is 2. The van der Waals surface area contributed by atoms with Crippen LogP contribution in [0.5, 0.6) is 0 Å². The van der Waals surface area contributed by atoms with E-state index in [0.29, 0.717) is 5.69 Å². The van der Waals surface area contributed by atoms with Crippen molar-refractivity contribution >= 4 is 27.5 Å². The molecule has 0 saturated carbocycles. The number of fused-ring (bicyclic) bond motifs is 3. The molecule has 1 amide bonds. The molecule has 0 aromatic heterocycles. The summed E-state index contributed by atoms with van der Waals surface area (Å²) in [7, 11) is 0. The number of halogens is 1. The number of aliphatic hydroxyl groups is 1. The maximum Gasteiger partial charge on any atom is 0.221 e. The smallest absolute Gasteiger partial charge is 0.221 e. The number of aliphatic hydroxyl groups excluding tert-OH is 1. The molecular formula is C15H12BrNO2. The lowest BCUT2D eigenvalue weighted by atomic mass is 10.1. The van der Waals surface area contributed by atoms with Gasteiger partial charge in [-0.05, 0) is 50.3 Å². The number of nitrogens with one attached hydrogen (secondary N) is 1. The van der Waals surface area contributed by atoms with Gasteiger partial charge in [0.05, 0.1) is 5.69 Å². The Bertz CT molecular complexity index is 682. The van der Waals surface area contributed by atoms with E-state index in [9.17, 15) is 9.90 Å². The highest BCUT2D eigenvalue weighted by molar-refractivity contribution is 9.10. The van der Waals surface area contributed by atoms with E-state index in [0.717, 1.165) is 26.7 Å². The first-order valence-corrected chi connectivity index (χ1v) is 6.75. The van der Waals surface area contributed by atoms with Crippen LogP contribution in [0.25, 0.3) is 11.1 Å². The molecule has 3 nitrogen and oxygen atoms in total. The Labute approximate surface area is 119 Å². The number of hydrogen-bond acceptors (Lipinski definition) is 2. The van der Waals surface area contributed by atoms with E-state index in [4.69, 9.17) is 0 Å². The Morgan fingerprint density at radius 2 is 1.95 bits per heavy atom. The SMILES string of the molecule is CC(=O)Nc1cc2c(cc1Br)-c1ccccc1C2O. The molecule has 0 heterocycles. The first-order valence-electron chi connectivity index (χ1n) is 5.96. The topological polar surface area (TPSA) is 49.3 Å². The molecule has 96 valence electrons. The van der Waals surface area contributed by atoms with Gasteiger partial charge >= 0.3 is 0 Å². The van der Waals surface area contributed by atoms with Crippen LogP contribution in [0.4, 0.5) is 5.69 Å². The van der Waals surface area contributed by atoms with Gasteiger partial charge in [-0.25, -0.2) is 0 Å². The summed E-state index contributed by atoms with van der Waals surface area (Å²) in [6.07, 6.45) is -0.633. The highest BCUT2D eigenvalue weighted by Gasteiger charge is 2.27. The van der Waals surface area contributed by atoms with Crippen molar-refractivity contribution in [1.82, 2.24) is 0 Å². The zero-order valence-electron chi connectivity index (χ0n) is 10.3. The molecule has 1 aliphatic rings. The lowest BCUT2D eigenvalue weighted by Gasteiger charge is -2.10. The quantitative estimate of drug-likeness (QED) is 0.846. The third-order valence-electron chi connectivity index (χ3n) is 3.29. The highest BCUT2D eigenvalue weighted by Crippen LogP contribution is 2.46. The molecule has 2 aromatic carbocycles. The standard InChI is InChI=1S/C15H12BrNO2/c1-8(18)17-14-7-12-11(6-13(14)16)9-4-2-3-5-10(9)15(12)19/h2-7,15,19H,1H3,(H,17,18). The van der Waals surface area contributed by atoms with Crippen molar-refractivity contribution in [3.05, 3.63) is 52.0 Å². The molecule has 0 saturated heterocycles. The van der Waals surface area contributed by atoms with Gasteiger partial charge in [0, 0.05) is 11.4 Å². The predicted octanol–water partition coefficient (Wildman–Crippen LogP) is 3.47. The van der Waals surface area contributed by atoms with Crippen LogP contribution in [0.3, 0.4) is 0 Å². The fourth-order valence-corrected chi connectivity index (χ4v) is 2.93. The highest BCUT2D eigenvalue weighted by atomic mass is 79.9. The van der Waals surface area contributed by atoms with Gasteiger partial charge in [0.15, 0.2) is 0 Å². The lowest BCUT2D eigenvalue weighted by Crippen LogP contribution is -2.07. The fourth-order valence-electron chi connectivity index (χ4n) is 2.48. The Hall–Kier alpha value is -1.65. The van der Waals surface area contributed by atoms with Crippen molar-refractivity contribution in [3.63, 3.8) is 0 Å². The Morgan fingerprint density at radius 1 is 1.21 bits per heavy atom. The number of anilines is 1. The minimum atomic E-state index is -0.633. The molecule has 2 N–H and O–H groups in total. The molecule has 1 unspecified atom stereocenters. The molecule has 0 bridgehead atoms. The molecule has 0 aliphatic heterocycles. The number of carbonyl (C=O) groups excluding carboxylic acids is 1. The summed E-state index contributed by atoms with van der Waals surface area (Å²) >= 11 is 3.45. The van der Waals surface area contributed by atoms with E-state index in [-0.39, 0.29) is 5.91 Å². The maximum atomic E-state index is 11.2. The largest absolute Gasteiger partial charge is 0.384 e. The molecule has 4 heteroatoms. The second-order valence-corrected chi connectivity index (χ2v) is 5.44. The number of rotatable bonds is 1. The average molecular weight is 318 g/mol. The third-order valence-corrected chi connectivity index (χ3v) is 3.95. The van der Waals surface area contributed by atoms with Crippen molar-refractivity contribution in [3.8, 4) is 11.1 Å². The maximum absolute atomic E-state index is 11.2. The molecule has 19 heavy (non-hydrogen) atoms. The molecule has 1 atom stereocenters. The summed E-state index contributed by atoms with van der Waals surface area (Å²) in [4.78, 5) is 11.2. The van der Waals surface area contributed by atoms with E-state index >= 15 is 0 Å². The van der Waals surface area contributed by atoms with E-state index in [1.807, 2.05) is 36.4 Å². The van der Waals surface area contributed by atoms with Gasteiger partial charge in [0.1, 0.15) is 6.10 Å². The van der Waals surface area contributed by atoms with Crippen molar-refractivity contribution < 1.29 is 9.90 Å². The van der Waals surface area contributed by atoms with Crippen LogP contribution in [0.2, 0.25) is 0 Å². The molecule has 0 fully saturated rings. The fraction of sp³-hybridized carbons (Fsp3) is 0.133. The molecule has 0 spiro atoms. The summed E-state index contributed by atoms with van der Waals surface area (Å²) in [5.74, 6) is -0.134. The summed E-state index contributed by atoms with van der Waals surface area (Å²) < 4.78 is 0.811. The van der Waals surface area contributed by atoms with Crippen LogP contribution in [-0.2, 0) is 4.79 Å². The summed E-state index contributed by atoms with van der Waals surface area (Å²) in [5.41, 5.74) is 4.46. The number of amides is 1. The van der Waals surface area contributed by atoms with Gasteiger partial charge in [0.2, 0.25) is 5.91 Å². The zero-order chi connectivity index (χ0) is 13.6. The number of carbonyl (C=O) groups is 1. The average Bonchev–Trinajstić information content (AvgIpc) is 2.64. The molecule has 2 aromatic rings. The molecule has 1 aliphatic carbocycles. The van der Waals surface area contributed by atoms with Crippen molar-refractivity contribution in [2.45, 2.75) is 13.0 Å². The van der Waals surface area contributed by atoms with Crippen LogP contribution in [0.15, 0.2) is 40.9 Å². The summed E-state index contributed by atoms with van der Waals surface area (Å²) in [6, 6.07) is 11.6. The minimum Gasteiger partial charge on any atom is -0.384 e. The molecular weight excluding hydrogens is 306 g/mol. The first kappa shape index (κ1) is 12.4. The van der Waals surface area contributed by atoms with Crippen LogP contribution >= 0.6 is 15.9 Å². The van der Waals surface area contributed by atoms with Gasteiger partial charge < -0.3 is 10.4 Å². The van der Waals surface area contributed by atoms with Gasteiger partial charge in [-0.15, -0.1) is 0 Å². The van der Waals surface area contributed by atoms with Gasteiger partial charge in [0.25, 0.3) is 0 Å². The molecule has 3 rings (SSSR count). The Kier molecular flexibility index (Phi) is 2.92.